The van der Waals surface area contributed by atoms with Crippen molar-refractivity contribution in [3.05, 3.63) is 41.2 Å². The highest BCUT2D eigenvalue weighted by Gasteiger charge is 2.15. The fourth-order valence-corrected chi connectivity index (χ4v) is 3.94. The topological polar surface area (TPSA) is 34.6 Å². The van der Waals surface area contributed by atoms with Crippen molar-refractivity contribution < 1.29 is 13.9 Å². The van der Waals surface area contributed by atoms with E-state index in [9.17, 15) is 4.39 Å². The lowest BCUT2D eigenvalue weighted by Crippen LogP contribution is -2.21. The molecule has 0 spiro atoms. The van der Waals surface area contributed by atoms with Gasteiger partial charge in [-0.05, 0) is 44.5 Å². The molecule has 142 valence electrons. The number of para-hydroxylation sites is 1. The summed E-state index contributed by atoms with van der Waals surface area (Å²) in [6.07, 6.45) is 3.52. The number of benzene rings is 2. The van der Waals surface area contributed by atoms with Gasteiger partial charge in [0.25, 0.3) is 0 Å². The molecule has 1 aliphatic rings. The summed E-state index contributed by atoms with van der Waals surface area (Å²) in [7, 11) is 1.60. The van der Waals surface area contributed by atoms with E-state index < -0.39 is 0 Å². The highest BCUT2D eigenvalue weighted by atomic mass is 35.5. The van der Waals surface area contributed by atoms with Gasteiger partial charge in [0.2, 0.25) is 0 Å². The first kappa shape index (κ1) is 18.3. The Morgan fingerprint density at radius 1 is 1.15 bits per heavy atom. The van der Waals surface area contributed by atoms with E-state index in [2.05, 4.69) is 9.88 Å². The normalized spacial score (nSPS) is 14.9. The van der Waals surface area contributed by atoms with Crippen molar-refractivity contribution in [2.24, 2.45) is 0 Å². The molecule has 1 saturated heterocycles. The van der Waals surface area contributed by atoms with E-state index in [-0.39, 0.29) is 11.3 Å². The second-order valence-corrected chi connectivity index (χ2v) is 7.21. The lowest BCUT2D eigenvalue weighted by atomic mass is 10.1. The molecule has 27 heavy (non-hydrogen) atoms. The highest BCUT2D eigenvalue weighted by molar-refractivity contribution is 6.40. The van der Waals surface area contributed by atoms with Crippen LogP contribution in [-0.4, -0.2) is 43.2 Å². The lowest BCUT2D eigenvalue weighted by Gasteiger charge is -2.16. The Morgan fingerprint density at radius 2 is 1.96 bits per heavy atom. The molecule has 0 unspecified atom stereocenters. The maximum absolute atomic E-state index is 14.2. The predicted octanol–water partition coefficient (Wildman–Crippen LogP) is 5.05. The van der Waals surface area contributed by atoms with Gasteiger partial charge >= 0.3 is 0 Å². The number of aromatic nitrogens is 1. The predicted molar refractivity (Wildman–Crippen MR) is 107 cm³/mol. The van der Waals surface area contributed by atoms with Gasteiger partial charge in [0, 0.05) is 23.4 Å². The number of hydrogen-bond donors (Lipinski definition) is 0. The van der Waals surface area contributed by atoms with Gasteiger partial charge < -0.3 is 14.4 Å². The third-order valence-electron chi connectivity index (χ3n) is 5.05. The molecule has 4 nitrogen and oxygen atoms in total. The van der Waals surface area contributed by atoms with Gasteiger partial charge in [-0.25, -0.2) is 9.37 Å². The van der Waals surface area contributed by atoms with Gasteiger partial charge in [-0.1, -0.05) is 23.7 Å². The van der Waals surface area contributed by atoms with Crippen LogP contribution in [0.5, 0.6) is 11.5 Å². The zero-order valence-electron chi connectivity index (χ0n) is 15.3. The smallest absolute Gasteiger partial charge is 0.163 e. The number of ether oxygens (including phenoxy) is 2. The van der Waals surface area contributed by atoms with E-state index in [1.165, 1.54) is 32.0 Å². The van der Waals surface area contributed by atoms with Gasteiger partial charge in [0.15, 0.2) is 11.5 Å². The summed E-state index contributed by atoms with van der Waals surface area (Å²) >= 11 is 6.52. The number of fused-ring (bicyclic) bond motifs is 2. The van der Waals surface area contributed by atoms with Crippen LogP contribution in [0.25, 0.3) is 21.8 Å². The fraction of sp³-hybridized carbons (Fsp3) is 0.381. The first-order valence-corrected chi connectivity index (χ1v) is 9.66. The van der Waals surface area contributed by atoms with Crippen LogP contribution in [0.4, 0.5) is 4.39 Å². The van der Waals surface area contributed by atoms with Crippen LogP contribution in [0, 0.1) is 5.82 Å². The lowest BCUT2D eigenvalue weighted by molar-refractivity contribution is 0.254. The van der Waals surface area contributed by atoms with Crippen molar-refractivity contribution in [1.29, 1.82) is 0 Å². The van der Waals surface area contributed by atoms with Gasteiger partial charge in [0.05, 0.1) is 24.3 Å². The van der Waals surface area contributed by atoms with E-state index in [0.717, 1.165) is 18.4 Å². The van der Waals surface area contributed by atoms with E-state index in [1.54, 1.807) is 25.3 Å². The van der Waals surface area contributed by atoms with E-state index in [0.29, 0.717) is 34.0 Å². The quantitative estimate of drug-likeness (QED) is 0.437. The standard InChI is InChI=1S/C21H22ClFN2O2/c1-26-18-12-15-17(24-21-14(20(15)22)6-4-7-16(21)23)13-19(18)27-11-5-10-25-8-2-3-9-25/h4,6-7,12-13H,2-3,5,8-11H2,1H3. The minimum Gasteiger partial charge on any atom is -0.493 e. The second kappa shape index (κ2) is 7.87. The molecule has 2 aromatic carbocycles. The van der Waals surface area contributed by atoms with Crippen molar-refractivity contribution >= 4 is 33.4 Å². The third kappa shape index (κ3) is 3.66. The number of rotatable bonds is 6. The number of hydrogen-bond acceptors (Lipinski definition) is 4. The molecule has 0 N–H and O–H groups in total. The number of halogens is 2. The van der Waals surface area contributed by atoms with Crippen molar-refractivity contribution in [3.63, 3.8) is 0 Å². The Hall–Kier alpha value is -2.11. The SMILES string of the molecule is COc1cc2c(Cl)c3cccc(F)c3nc2cc1OCCCN1CCCC1. The zero-order chi connectivity index (χ0) is 18.8. The summed E-state index contributed by atoms with van der Waals surface area (Å²) in [6, 6.07) is 8.37. The molecule has 4 rings (SSSR count). The third-order valence-corrected chi connectivity index (χ3v) is 5.46. The number of methoxy groups -OCH3 is 1. The van der Waals surface area contributed by atoms with Crippen LogP contribution in [0.15, 0.2) is 30.3 Å². The zero-order valence-corrected chi connectivity index (χ0v) is 16.1. The average molecular weight is 389 g/mol. The van der Waals surface area contributed by atoms with Crippen molar-refractivity contribution in [1.82, 2.24) is 9.88 Å². The molecule has 0 amide bonds. The average Bonchev–Trinajstić information content (AvgIpc) is 3.19. The molecular weight excluding hydrogens is 367 g/mol. The Kier molecular flexibility index (Phi) is 5.32. The Balaban J connectivity index is 1.62. The molecule has 3 aromatic rings. The number of pyridine rings is 1. The van der Waals surface area contributed by atoms with E-state index >= 15 is 0 Å². The molecule has 1 aromatic heterocycles. The number of nitrogens with zero attached hydrogens (tertiary/aromatic N) is 2. The largest absolute Gasteiger partial charge is 0.493 e. The Morgan fingerprint density at radius 3 is 2.74 bits per heavy atom. The van der Waals surface area contributed by atoms with Crippen LogP contribution < -0.4 is 9.47 Å². The molecule has 0 saturated carbocycles. The van der Waals surface area contributed by atoms with E-state index in [4.69, 9.17) is 21.1 Å². The minimum atomic E-state index is -0.389. The monoisotopic (exact) mass is 388 g/mol. The minimum absolute atomic E-state index is 0.264. The number of likely N-dealkylation sites (tertiary alicyclic amines) is 1. The summed E-state index contributed by atoms with van der Waals surface area (Å²) in [5.74, 6) is 0.814. The molecule has 0 atom stereocenters. The first-order valence-electron chi connectivity index (χ1n) is 9.28. The van der Waals surface area contributed by atoms with Crippen LogP contribution >= 0.6 is 11.6 Å². The summed E-state index contributed by atoms with van der Waals surface area (Å²) < 4.78 is 25.6. The van der Waals surface area contributed by atoms with Crippen molar-refractivity contribution in [3.8, 4) is 11.5 Å². The van der Waals surface area contributed by atoms with Gasteiger partial charge in [-0.15, -0.1) is 0 Å². The summed E-state index contributed by atoms with van der Waals surface area (Å²) in [6.45, 7) is 3.99. The molecule has 1 fully saturated rings. The molecule has 0 aliphatic carbocycles. The Bertz CT molecular complexity index is 973. The van der Waals surface area contributed by atoms with Crippen LogP contribution in [-0.2, 0) is 0 Å². The fourth-order valence-electron chi connectivity index (χ4n) is 3.64. The molecule has 6 heteroatoms. The summed E-state index contributed by atoms with van der Waals surface area (Å²) in [4.78, 5) is 6.92. The van der Waals surface area contributed by atoms with Gasteiger partial charge in [-0.3, -0.25) is 0 Å². The van der Waals surface area contributed by atoms with Crippen molar-refractivity contribution in [2.75, 3.05) is 33.4 Å². The maximum Gasteiger partial charge on any atom is 0.163 e. The van der Waals surface area contributed by atoms with Crippen LogP contribution in [0.1, 0.15) is 19.3 Å². The second-order valence-electron chi connectivity index (χ2n) is 6.83. The maximum atomic E-state index is 14.2. The molecule has 1 aliphatic heterocycles. The van der Waals surface area contributed by atoms with Crippen molar-refractivity contribution in [2.45, 2.75) is 19.3 Å². The highest BCUT2D eigenvalue weighted by Crippen LogP contribution is 2.38. The van der Waals surface area contributed by atoms with Crippen LogP contribution in [0.2, 0.25) is 5.02 Å². The molecule has 0 bridgehead atoms. The molecule has 0 radical (unpaired) electrons. The first-order chi connectivity index (χ1) is 13.2. The van der Waals surface area contributed by atoms with Crippen LogP contribution in [0.3, 0.4) is 0 Å². The van der Waals surface area contributed by atoms with Gasteiger partial charge in [-0.2, -0.15) is 0 Å². The summed E-state index contributed by atoms with van der Waals surface area (Å²) in [5.41, 5.74) is 0.855. The van der Waals surface area contributed by atoms with Gasteiger partial charge in [0.1, 0.15) is 11.3 Å². The van der Waals surface area contributed by atoms with E-state index in [1.807, 2.05) is 6.07 Å². The summed E-state index contributed by atoms with van der Waals surface area (Å²) in [5, 5.41) is 1.77. The molecular formula is C21H22ClFN2O2. The molecule has 2 heterocycles. The Labute approximate surface area is 162 Å².